The topological polar surface area (TPSA) is 536 Å². The van der Waals surface area contributed by atoms with Crippen molar-refractivity contribution in [3.63, 3.8) is 0 Å². The molecule has 111 heavy (non-hydrogen) atoms. The molecule has 6 aromatic rings. The van der Waals surface area contributed by atoms with E-state index in [1.807, 2.05) is 172 Å². The average molecular weight is 1540 g/mol. The molecule has 24 heteroatoms. The van der Waals surface area contributed by atoms with E-state index in [4.69, 9.17) is 99.4 Å². The van der Waals surface area contributed by atoms with Crippen molar-refractivity contribution in [2.45, 2.75) is 240 Å². The maximum absolute atomic E-state index is 10.7. The van der Waals surface area contributed by atoms with E-state index in [1.54, 1.807) is 0 Å². The van der Waals surface area contributed by atoms with Crippen LogP contribution in [0.25, 0.3) is 0 Å². The first-order valence-corrected chi connectivity index (χ1v) is 37.7. The lowest BCUT2D eigenvalue weighted by Gasteiger charge is -2.15. The highest BCUT2D eigenvalue weighted by Crippen LogP contribution is 2.23. The van der Waals surface area contributed by atoms with Gasteiger partial charge in [-0.05, 0) is 201 Å². The van der Waals surface area contributed by atoms with E-state index in [-0.39, 0.29) is 37.6 Å². The molecule has 0 aliphatic rings. The zero-order valence-electron chi connectivity index (χ0n) is 66.6. The van der Waals surface area contributed by atoms with Gasteiger partial charge in [-0.25, -0.2) is 0 Å². The van der Waals surface area contributed by atoms with E-state index < -0.39 is 72.1 Å². The molecule has 0 heterocycles. The second-order valence-corrected chi connectivity index (χ2v) is 30.2. The minimum absolute atomic E-state index is 0. The molecule has 6 rings (SSSR count). The Morgan fingerprint density at radius 3 is 0.865 bits per heavy atom. The monoisotopic (exact) mass is 1540 g/mol. The quantitative estimate of drug-likeness (QED) is 0.0161. The largest absolute Gasteiger partial charge is 0.480 e. The van der Waals surface area contributed by atoms with Crippen LogP contribution in [-0.4, -0.2) is 115 Å². The summed E-state index contributed by atoms with van der Waals surface area (Å²) in [4.78, 5) is 63.9. The molecule has 0 aliphatic heterocycles. The van der Waals surface area contributed by atoms with Gasteiger partial charge in [0.05, 0.1) is 0 Å². The van der Waals surface area contributed by atoms with Crippen LogP contribution < -0.4 is 68.8 Å². The Morgan fingerprint density at radius 1 is 0.333 bits per heavy atom. The van der Waals surface area contributed by atoms with Crippen LogP contribution in [0.5, 0.6) is 0 Å². The zero-order chi connectivity index (χ0) is 83.5. The molecule has 0 spiro atoms. The molecule has 11 unspecified atom stereocenters. The summed E-state index contributed by atoms with van der Waals surface area (Å²) in [6, 6.07) is 41.9. The predicted molar refractivity (Wildman–Crippen MR) is 449 cm³/mol. The number of carbonyl (C=O) groups is 6. The fraction of sp³-hybridized carbons (Fsp3) is 0.471. The number of allylic oxidation sites excluding steroid dienone is 3. The van der Waals surface area contributed by atoms with Gasteiger partial charge in [-0.3, -0.25) is 28.8 Å². The van der Waals surface area contributed by atoms with E-state index in [0.29, 0.717) is 62.2 Å². The average Bonchev–Trinajstić information content (AvgIpc) is 0.851. The number of benzene rings is 6. The number of nitrogens with two attached hydrogens (primary N) is 12. The Bertz CT molecular complexity index is 3680. The highest BCUT2D eigenvalue weighted by molar-refractivity contribution is 5.75. The van der Waals surface area contributed by atoms with Gasteiger partial charge in [-0.15, -0.1) is 0 Å². The van der Waals surface area contributed by atoms with Gasteiger partial charge < -0.3 is 99.4 Å². The van der Waals surface area contributed by atoms with Gasteiger partial charge in [0.15, 0.2) is 0 Å². The van der Waals surface area contributed by atoms with Crippen molar-refractivity contribution in [1.29, 1.82) is 0 Å². The van der Waals surface area contributed by atoms with E-state index in [9.17, 15) is 28.8 Å². The summed E-state index contributed by atoms with van der Waals surface area (Å²) in [6.07, 6.45) is 13.5. The number of aryl methyl sites for hydroxylation is 1. The third-order valence-electron chi connectivity index (χ3n) is 17.9. The van der Waals surface area contributed by atoms with Crippen molar-refractivity contribution in [3.8, 4) is 0 Å². The smallest absolute Gasteiger partial charge is 0.320 e. The van der Waals surface area contributed by atoms with E-state index in [2.05, 4.69) is 61.5 Å². The lowest BCUT2D eigenvalue weighted by atomic mass is 9.96. The molecule has 6 aromatic carbocycles. The molecular weight excluding hydrogens is 1410 g/mol. The van der Waals surface area contributed by atoms with E-state index in [0.717, 1.165) is 118 Å². The normalized spacial score (nSPS) is 14.0. The van der Waals surface area contributed by atoms with Gasteiger partial charge in [0.1, 0.15) is 36.3 Å². The van der Waals surface area contributed by atoms with Gasteiger partial charge >= 0.3 is 35.8 Å². The highest BCUT2D eigenvalue weighted by atomic mass is 16.4. The van der Waals surface area contributed by atoms with Crippen molar-refractivity contribution < 1.29 is 59.4 Å². The molecule has 0 aromatic heterocycles. The van der Waals surface area contributed by atoms with E-state index >= 15 is 0 Å². The summed E-state index contributed by atoms with van der Waals surface area (Å²) in [5, 5.41) is 52.4. The number of rotatable bonds is 37. The standard InChI is InChI=1S/C15H24N2O2.C15H22N2O2.C15H24N2O2.C15H22N2O2.C14H22N2O2.C12H18N2O2.CH4/c2*1-10(2)3-8-13(16)12-6-4-11(5-7-12)9-14(17)15(18)19;2*1-10(2)13(16)8-7-11-3-5-12(6-4-11)9-14(17)15(18)19;1-9(2)7-12(15)11-5-3-10(4-6-11)8-13(16)14(17)18;1-8(13)6-9-2-4-10(5-3-9)7-11(14)12(15)16;/h4-7,10,13-14H,3,8-9,16-17H2,1-2H3,(H,18,19);3-7,13-14H,8-9,16-17H2,1-2H3,(H,18,19);3-6,10,13-14H,7-9,16-17H2,1-2H3,(H,18,19);3-6,8,10,14H,7,9,16-17H2,1-2H3,(H,18,19);3-6,9,12-13H,7-8,15-16H2,1-2H3,(H,17,18);2-5,8,11H,6-7,13-14H2,1H3,(H,15,16);1H4/b;;;13-8-;;;. The Kier molecular flexibility index (Phi) is 50.2. The third kappa shape index (κ3) is 45.8. The molecule has 0 aliphatic carbocycles. The first kappa shape index (κ1) is 102. The fourth-order valence-electron chi connectivity index (χ4n) is 10.5. The number of carboxylic acids is 6. The zero-order valence-corrected chi connectivity index (χ0v) is 66.6. The maximum atomic E-state index is 10.7. The van der Waals surface area contributed by atoms with Crippen LogP contribution in [0.4, 0.5) is 0 Å². The molecule has 0 saturated heterocycles. The summed E-state index contributed by atoms with van der Waals surface area (Å²) in [7, 11) is 0. The van der Waals surface area contributed by atoms with E-state index in [1.165, 1.54) is 11.1 Å². The Labute approximate surface area is 660 Å². The van der Waals surface area contributed by atoms with Crippen LogP contribution in [0.1, 0.15) is 201 Å². The molecule has 0 amide bonds. The number of hydrogen-bond acceptors (Lipinski definition) is 18. The molecule has 616 valence electrons. The number of hydrogen-bond donors (Lipinski definition) is 18. The van der Waals surface area contributed by atoms with Crippen LogP contribution in [0.15, 0.2) is 169 Å². The summed E-state index contributed by atoms with van der Waals surface area (Å²) < 4.78 is 0. The van der Waals surface area contributed by atoms with Crippen LogP contribution in [0.2, 0.25) is 0 Å². The molecule has 11 atom stereocenters. The van der Waals surface area contributed by atoms with Crippen molar-refractivity contribution in [2.75, 3.05) is 0 Å². The van der Waals surface area contributed by atoms with Gasteiger partial charge in [0.2, 0.25) is 0 Å². The van der Waals surface area contributed by atoms with Gasteiger partial charge in [0, 0.05) is 35.9 Å². The third-order valence-corrected chi connectivity index (χ3v) is 17.9. The van der Waals surface area contributed by atoms with Crippen LogP contribution in [-0.2, 0) is 86.6 Å². The molecule has 0 bridgehead atoms. The SMILES string of the molecule is C.CC(C)/C(N)=C/Cc1ccc(CC(N)C(=O)O)cc1.CC(C)=CCC(N)c1ccc(CC(N)C(=O)O)cc1.CC(C)C(N)CCc1ccc(CC(N)C(=O)O)cc1.CC(C)CC(N)c1ccc(CC(N)C(=O)O)cc1.CC(C)CCC(N)c1ccc(CC(N)C(=O)O)cc1.CC(N)Cc1ccc(CC(N)C(=O)O)cc1. The second kappa shape index (κ2) is 54.6. The van der Waals surface area contributed by atoms with Crippen molar-refractivity contribution in [2.24, 2.45) is 92.5 Å². The second-order valence-electron chi connectivity index (χ2n) is 30.2. The van der Waals surface area contributed by atoms with Crippen LogP contribution in [0, 0.1) is 23.7 Å². The predicted octanol–water partition coefficient (Wildman–Crippen LogP) is 10.2. The molecule has 30 N–H and O–H groups in total. The minimum Gasteiger partial charge on any atom is -0.480 e. The van der Waals surface area contributed by atoms with Gasteiger partial charge in [0.25, 0.3) is 0 Å². The molecule has 0 fully saturated rings. The molecule has 0 saturated carbocycles. The first-order valence-electron chi connectivity index (χ1n) is 37.7. The summed E-state index contributed by atoms with van der Waals surface area (Å²) in [5.41, 5.74) is 83.2. The summed E-state index contributed by atoms with van der Waals surface area (Å²) >= 11 is 0. The number of aliphatic carboxylic acids is 6. The fourth-order valence-corrected chi connectivity index (χ4v) is 10.5. The Morgan fingerprint density at radius 2 is 0.604 bits per heavy atom. The van der Waals surface area contributed by atoms with Crippen molar-refractivity contribution in [3.05, 3.63) is 236 Å². The molecule has 24 nitrogen and oxygen atoms in total. The van der Waals surface area contributed by atoms with Gasteiger partial charge in [-0.1, -0.05) is 226 Å². The Balaban J connectivity index is 0.00000131. The van der Waals surface area contributed by atoms with Crippen molar-refractivity contribution in [1.82, 2.24) is 0 Å². The summed E-state index contributed by atoms with van der Waals surface area (Å²) in [6.45, 7) is 23.1. The number of carboxylic acid groups (broad SMARTS) is 6. The summed E-state index contributed by atoms with van der Waals surface area (Å²) in [5.74, 6) is -3.79. The van der Waals surface area contributed by atoms with Crippen molar-refractivity contribution >= 4 is 35.8 Å². The van der Waals surface area contributed by atoms with Gasteiger partial charge in [-0.2, -0.15) is 0 Å². The molecular formula is C87H136N12O12. The minimum atomic E-state index is -0.982. The van der Waals surface area contributed by atoms with Crippen LogP contribution >= 0.6 is 0 Å². The lowest BCUT2D eigenvalue weighted by molar-refractivity contribution is -0.139. The highest BCUT2D eigenvalue weighted by Gasteiger charge is 2.19. The Hall–Kier alpha value is -9.02. The lowest BCUT2D eigenvalue weighted by Crippen LogP contribution is -2.32. The molecule has 0 radical (unpaired) electrons. The van der Waals surface area contributed by atoms with Crippen LogP contribution in [0.3, 0.4) is 0 Å². The first-order chi connectivity index (χ1) is 51.5. The maximum Gasteiger partial charge on any atom is 0.320 e.